The van der Waals surface area contributed by atoms with Crippen LogP contribution in [0.3, 0.4) is 0 Å². The first-order chi connectivity index (χ1) is 17.2. The summed E-state index contributed by atoms with van der Waals surface area (Å²) in [5, 5.41) is 3.03. The number of urea groups is 1. The van der Waals surface area contributed by atoms with E-state index in [1.807, 2.05) is 24.1 Å². The zero-order valence-electron chi connectivity index (χ0n) is 21.2. The van der Waals surface area contributed by atoms with Gasteiger partial charge in [-0.3, -0.25) is 4.90 Å². The summed E-state index contributed by atoms with van der Waals surface area (Å²) in [6, 6.07) is 11.0. The molecule has 11 heteroatoms. The average molecular weight is 533 g/mol. The normalized spacial score (nSPS) is 10.6. The third-order valence-electron chi connectivity index (χ3n) is 5.78. The van der Waals surface area contributed by atoms with E-state index in [-0.39, 0.29) is 15.7 Å². The summed E-state index contributed by atoms with van der Waals surface area (Å²) < 4.78 is 10.5. The van der Waals surface area contributed by atoms with Gasteiger partial charge in [0, 0.05) is 50.7 Å². The second kappa shape index (κ2) is 12.0. The minimum Gasteiger partial charge on any atom is -0.495 e. The summed E-state index contributed by atoms with van der Waals surface area (Å²) in [7, 11) is 6.42. The maximum atomic E-state index is 13.1. The fraction of sp³-hybridized carbons (Fsp3) is 0.320. The molecule has 0 aliphatic heterocycles. The van der Waals surface area contributed by atoms with Crippen molar-refractivity contribution in [2.45, 2.75) is 13.8 Å². The Morgan fingerprint density at radius 1 is 0.917 bits per heavy atom. The Balaban J connectivity index is 1.86. The highest BCUT2D eigenvalue weighted by molar-refractivity contribution is 6.41. The van der Waals surface area contributed by atoms with Crippen molar-refractivity contribution >= 4 is 57.9 Å². The van der Waals surface area contributed by atoms with Crippen molar-refractivity contribution in [1.82, 2.24) is 9.97 Å². The molecule has 0 saturated heterocycles. The number of nitrogens with one attached hydrogen (secondary N) is 1. The number of anilines is 5. The number of hydrogen-bond donors (Lipinski definition) is 1. The van der Waals surface area contributed by atoms with Gasteiger partial charge in [-0.1, -0.05) is 29.3 Å². The van der Waals surface area contributed by atoms with Crippen LogP contribution in [0.1, 0.15) is 13.8 Å². The molecule has 0 aliphatic carbocycles. The lowest BCUT2D eigenvalue weighted by atomic mass is 10.2. The van der Waals surface area contributed by atoms with Gasteiger partial charge in [-0.2, -0.15) is 0 Å². The Kier molecular flexibility index (Phi) is 9.06. The van der Waals surface area contributed by atoms with Crippen LogP contribution < -0.4 is 29.5 Å². The predicted octanol–water partition coefficient (Wildman–Crippen LogP) is 6.08. The molecule has 0 aliphatic rings. The number of aromatic nitrogens is 2. The topological polar surface area (TPSA) is 83.1 Å². The van der Waals surface area contributed by atoms with Crippen LogP contribution in [0.2, 0.25) is 10.0 Å². The van der Waals surface area contributed by atoms with Crippen LogP contribution >= 0.6 is 23.2 Å². The van der Waals surface area contributed by atoms with Crippen molar-refractivity contribution in [2.75, 3.05) is 61.4 Å². The van der Waals surface area contributed by atoms with Gasteiger partial charge in [0.15, 0.2) is 0 Å². The van der Waals surface area contributed by atoms with Crippen molar-refractivity contribution < 1.29 is 14.3 Å². The van der Waals surface area contributed by atoms with Crippen molar-refractivity contribution in [1.29, 1.82) is 0 Å². The number of benzene rings is 2. The number of amides is 2. The monoisotopic (exact) mass is 532 g/mol. The number of rotatable bonds is 9. The van der Waals surface area contributed by atoms with Crippen LogP contribution in [0.5, 0.6) is 11.5 Å². The molecule has 2 aromatic carbocycles. The molecule has 1 aromatic heterocycles. The molecular formula is C25H30Cl2N6O3. The molecule has 9 nitrogen and oxygen atoms in total. The van der Waals surface area contributed by atoms with E-state index in [0.717, 1.165) is 24.5 Å². The zero-order valence-corrected chi connectivity index (χ0v) is 22.7. The van der Waals surface area contributed by atoms with E-state index in [1.54, 1.807) is 19.2 Å². The van der Waals surface area contributed by atoms with E-state index in [1.165, 1.54) is 25.4 Å². The van der Waals surface area contributed by atoms with Crippen LogP contribution in [0.25, 0.3) is 0 Å². The van der Waals surface area contributed by atoms with Crippen molar-refractivity contribution in [2.24, 2.45) is 0 Å². The van der Waals surface area contributed by atoms with Gasteiger partial charge in [0.25, 0.3) is 0 Å². The first kappa shape index (κ1) is 27.2. The summed E-state index contributed by atoms with van der Waals surface area (Å²) >= 11 is 12.8. The molecule has 1 N–H and O–H groups in total. The van der Waals surface area contributed by atoms with Crippen molar-refractivity contribution in [3.63, 3.8) is 0 Å². The van der Waals surface area contributed by atoms with Gasteiger partial charge in [-0.25, -0.2) is 14.8 Å². The Hall–Kier alpha value is -3.43. The minimum absolute atomic E-state index is 0.154. The SMILES string of the molecule is CCN(CC)c1cccc(N(C)c2cc(N(C)C(=O)Nc3c(Cl)c(OC)cc(OC)c3Cl)ncn2)c1. The molecule has 0 radical (unpaired) electrons. The first-order valence-corrected chi connectivity index (χ1v) is 12.1. The van der Waals surface area contributed by atoms with Gasteiger partial charge >= 0.3 is 6.03 Å². The predicted molar refractivity (Wildman–Crippen MR) is 147 cm³/mol. The van der Waals surface area contributed by atoms with Gasteiger partial charge in [-0.15, -0.1) is 0 Å². The summed E-state index contributed by atoms with van der Waals surface area (Å²) in [4.78, 5) is 27.3. The number of ether oxygens (including phenoxy) is 2. The molecule has 1 heterocycles. The second-order valence-electron chi connectivity index (χ2n) is 7.76. The number of nitrogens with zero attached hydrogens (tertiary/aromatic N) is 5. The highest BCUT2D eigenvalue weighted by Gasteiger charge is 2.22. The highest BCUT2D eigenvalue weighted by atomic mass is 35.5. The number of carbonyl (C=O) groups excluding carboxylic acids is 1. The Labute approximate surface area is 221 Å². The summed E-state index contributed by atoms with van der Waals surface area (Å²) in [5.41, 5.74) is 2.25. The van der Waals surface area contributed by atoms with Crippen molar-refractivity contribution in [3.8, 4) is 11.5 Å². The molecule has 0 atom stereocenters. The van der Waals surface area contributed by atoms with E-state index < -0.39 is 6.03 Å². The largest absolute Gasteiger partial charge is 0.495 e. The average Bonchev–Trinajstić information content (AvgIpc) is 2.91. The maximum absolute atomic E-state index is 13.1. The standard InChI is InChI=1S/C25H30Cl2N6O3/c1-7-33(8-2)17-11-9-10-16(12-17)31(3)20-14-21(29-15-28-20)32(4)25(34)30-24-22(26)18(35-5)13-19(36-6)23(24)27/h9-15H,7-8H2,1-6H3,(H,30,34). The van der Waals surface area contributed by atoms with E-state index in [4.69, 9.17) is 32.7 Å². The molecule has 0 fully saturated rings. The van der Waals surface area contributed by atoms with Crippen LogP contribution in [0.4, 0.5) is 33.5 Å². The number of methoxy groups -OCH3 is 2. The highest BCUT2D eigenvalue weighted by Crippen LogP contribution is 2.44. The lowest BCUT2D eigenvalue weighted by Gasteiger charge is -2.25. The third kappa shape index (κ3) is 5.68. The van der Waals surface area contributed by atoms with Gasteiger partial charge in [-0.05, 0) is 32.0 Å². The molecule has 0 bridgehead atoms. The minimum atomic E-state index is -0.509. The van der Waals surface area contributed by atoms with E-state index in [2.05, 4.69) is 46.2 Å². The lowest BCUT2D eigenvalue weighted by molar-refractivity contribution is 0.258. The van der Waals surface area contributed by atoms with Crippen LogP contribution in [0, 0.1) is 0 Å². The number of halogens is 2. The van der Waals surface area contributed by atoms with E-state index in [9.17, 15) is 4.79 Å². The molecule has 3 aromatic rings. The van der Waals surface area contributed by atoms with Gasteiger partial charge < -0.3 is 24.6 Å². The van der Waals surface area contributed by atoms with Crippen LogP contribution in [0.15, 0.2) is 42.7 Å². The van der Waals surface area contributed by atoms with Gasteiger partial charge in [0.1, 0.15) is 39.5 Å². The molecule has 192 valence electrons. The molecule has 0 spiro atoms. The molecular weight excluding hydrogens is 503 g/mol. The molecule has 0 unspecified atom stereocenters. The first-order valence-electron chi connectivity index (χ1n) is 11.3. The quantitative estimate of drug-likeness (QED) is 0.357. The lowest BCUT2D eigenvalue weighted by Crippen LogP contribution is -2.32. The van der Waals surface area contributed by atoms with Crippen LogP contribution in [-0.2, 0) is 0 Å². The van der Waals surface area contributed by atoms with Crippen molar-refractivity contribution in [3.05, 3.63) is 52.8 Å². The van der Waals surface area contributed by atoms with E-state index >= 15 is 0 Å². The third-order valence-corrected chi connectivity index (χ3v) is 6.53. The van der Waals surface area contributed by atoms with Crippen LogP contribution in [-0.4, -0.2) is 57.4 Å². The molecule has 2 amide bonds. The Morgan fingerprint density at radius 2 is 1.50 bits per heavy atom. The molecule has 36 heavy (non-hydrogen) atoms. The zero-order chi connectivity index (χ0) is 26.4. The fourth-order valence-electron chi connectivity index (χ4n) is 3.61. The Bertz CT molecular complexity index is 1190. The number of carbonyl (C=O) groups is 1. The Morgan fingerprint density at radius 3 is 2.08 bits per heavy atom. The second-order valence-corrected chi connectivity index (χ2v) is 8.51. The van der Waals surface area contributed by atoms with Gasteiger partial charge in [0.05, 0.1) is 19.9 Å². The summed E-state index contributed by atoms with van der Waals surface area (Å²) in [6.45, 7) is 6.07. The maximum Gasteiger partial charge on any atom is 0.327 e. The van der Waals surface area contributed by atoms with E-state index in [0.29, 0.717) is 23.1 Å². The summed E-state index contributed by atoms with van der Waals surface area (Å²) in [6.07, 6.45) is 1.41. The molecule has 0 saturated carbocycles. The fourth-order valence-corrected chi connectivity index (χ4v) is 4.21. The summed E-state index contributed by atoms with van der Waals surface area (Å²) in [5.74, 6) is 1.63. The van der Waals surface area contributed by atoms with Gasteiger partial charge in [0.2, 0.25) is 0 Å². The number of hydrogen-bond acceptors (Lipinski definition) is 7. The molecule has 3 rings (SSSR count). The smallest absolute Gasteiger partial charge is 0.327 e.